The number of Topliss-reactive ketones (excluding diaryl/α,β-unsaturated/α-hetero) is 1. The Balaban J connectivity index is 1.42. The number of carbonyl (C=O) groups is 1. The van der Waals surface area contributed by atoms with E-state index in [9.17, 15) is 9.90 Å². The molecule has 5 rings (SSSR count). The van der Waals surface area contributed by atoms with Gasteiger partial charge in [0.25, 0.3) is 5.01 Å². The van der Waals surface area contributed by atoms with Crippen molar-refractivity contribution >= 4 is 50.7 Å². The summed E-state index contributed by atoms with van der Waals surface area (Å²) in [5.74, 6) is 0.00764. The van der Waals surface area contributed by atoms with Gasteiger partial charge < -0.3 is 10.0 Å². The van der Waals surface area contributed by atoms with Crippen LogP contribution in [0.1, 0.15) is 115 Å². The summed E-state index contributed by atoms with van der Waals surface area (Å²) >= 11 is 8.15. The van der Waals surface area contributed by atoms with Crippen molar-refractivity contribution in [3.05, 3.63) is 86.7 Å². The Morgan fingerprint density at radius 3 is 2.27 bits per heavy atom. The lowest BCUT2D eigenvalue weighted by Crippen LogP contribution is -2.35. The fourth-order valence-electron chi connectivity index (χ4n) is 6.81. The van der Waals surface area contributed by atoms with Crippen LogP contribution in [0.2, 0.25) is 5.02 Å². The minimum atomic E-state index is -0.346. The van der Waals surface area contributed by atoms with Crippen molar-refractivity contribution in [3.63, 3.8) is 0 Å². The molecule has 2 aliphatic rings. The van der Waals surface area contributed by atoms with Crippen LogP contribution in [0.25, 0.3) is 16.3 Å². The Morgan fingerprint density at radius 1 is 0.889 bits per heavy atom. The molecule has 3 aromatic rings. The zero-order valence-electron chi connectivity index (χ0n) is 27.6. The summed E-state index contributed by atoms with van der Waals surface area (Å²) in [4.78, 5) is 16.0. The number of aliphatic hydroxyl groups is 1. The van der Waals surface area contributed by atoms with Gasteiger partial charge in [0.15, 0.2) is 6.54 Å². The van der Waals surface area contributed by atoms with Crippen molar-refractivity contribution in [1.82, 2.24) is 0 Å². The van der Waals surface area contributed by atoms with Gasteiger partial charge in [-0.05, 0) is 48.7 Å². The molecule has 1 aliphatic carbocycles. The number of hydrogen-bond acceptors (Lipinski definition) is 4. The van der Waals surface area contributed by atoms with Crippen LogP contribution in [-0.4, -0.2) is 17.4 Å². The molecule has 1 aliphatic heterocycles. The molecule has 0 radical (unpaired) electrons. The van der Waals surface area contributed by atoms with Gasteiger partial charge in [-0.15, -0.1) is 0 Å². The van der Waals surface area contributed by atoms with E-state index in [-0.39, 0.29) is 17.0 Å². The van der Waals surface area contributed by atoms with E-state index in [4.69, 9.17) is 11.6 Å². The minimum absolute atomic E-state index is 0.0899. The van der Waals surface area contributed by atoms with E-state index < -0.39 is 0 Å². The molecule has 0 amide bonds. The van der Waals surface area contributed by atoms with E-state index in [2.05, 4.69) is 73.6 Å². The number of para-hydroxylation sites is 1. The van der Waals surface area contributed by atoms with Gasteiger partial charge in [0.1, 0.15) is 10.5 Å². The number of aryl methyl sites for hydroxylation is 1. The predicted octanol–water partition coefficient (Wildman–Crippen LogP) is 11.0. The number of unbranched alkanes of at least 4 members (excludes halogenated alkanes) is 10. The number of rotatable bonds is 16. The third-order valence-corrected chi connectivity index (χ3v) is 10.9. The molecule has 45 heavy (non-hydrogen) atoms. The average molecular weight is 646 g/mol. The van der Waals surface area contributed by atoms with Crippen LogP contribution in [-0.2, 0) is 16.8 Å². The second-order valence-electron chi connectivity index (χ2n) is 13.2. The number of benzene rings is 2. The highest BCUT2D eigenvalue weighted by molar-refractivity contribution is 7.18. The average Bonchev–Trinajstić information content (AvgIpc) is 3.48. The fraction of sp³-hybridized carbons (Fsp3) is 0.487. The molecule has 0 unspecified atom stereocenters. The Morgan fingerprint density at radius 2 is 1.56 bits per heavy atom. The summed E-state index contributed by atoms with van der Waals surface area (Å²) in [6.45, 7) is 10.7. The lowest BCUT2D eigenvalue weighted by Gasteiger charge is -2.29. The third kappa shape index (κ3) is 7.25. The fourth-order valence-corrected chi connectivity index (χ4v) is 8.11. The number of halogens is 1. The van der Waals surface area contributed by atoms with Crippen molar-refractivity contribution in [1.29, 1.82) is 0 Å². The van der Waals surface area contributed by atoms with Gasteiger partial charge in [-0.2, -0.15) is 4.57 Å². The van der Waals surface area contributed by atoms with Crippen LogP contribution >= 0.6 is 22.9 Å². The highest BCUT2D eigenvalue weighted by Crippen LogP contribution is 2.50. The summed E-state index contributed by atoms with van der Waals surface area (Å²) in [5.41, 5.74) is 5.01. The maximum Gasteiger partial charge on any atom is 0.263 e. The molecule has 240 valence electrons. The highest BCUT2D eigenvalue weighted by atomic mass is 35.5. The van der Waals surface area contributed by atoms with Gasteiger partial charge in [-0.25, -0.2) is 0 Å². The Bertz CT molecular complexity index is 1610. The van der Waals surface area contributed by atoms with Gasteiger partial charge in [0, 0.05) is 46.9 Å². The zero-order valence-corrected chi connectivity index (χ0v) is 29.2. The number of hydrogen-bond donors (Lipinski definition) is 1. The van der Waals surface area contributed by atoms with E-state index in [1.807, 2.05) is 18.2 Å². The quantitative estimate of drug-likeness (QED) is 0.0957. The van der Waals surface area contributed by atoms with E-state index in [1.54, 1.807) is 11.3 Å². The van der Waals surface area contributed by atoms with Crippen LogP contribution in [0.4, 0.5) is 5.69 Å². The smallest absolute Gasteiger partial charge is 0.263 e. The number of allylic oxidation sites excluding steroid dienone is 4. The van der Waals surface area contributed by atoms with Crippen LogP contribution in [0.15, 0.2) is 71.1 Å². The maximum absolute atomic E-state index is 13.7. The number of carbonyl (C=O) groups excluding carboxylic acids is 1. The summed E-state index contributed by atoms with van der Waals surface area (Å²) in [7, 11) is 0. The highest BCUT2D eigenvalue weighted by Gasteiger charge is 2.42. The second kappa shape index (κ2) is 15.1. The van der Waals surface area contributed by atoms with Crippen molar-refractivity contribution in [2.45, 2.75) is 117 Å². The molecular weight excluding hydrogens is 596 g/mol. The molecule has 1 aromatic heterocycles. The van der Waals surface area contributed by atoms with Gasteiger partial charge in [-0.3, -0.25) is 4.79 Å². The van der Waals surface area contributed by atoms with Crippen LogP contribution < -0.4 is 9.47 Å². The van der Waals surface area contributed by atoms with Gasteiger partial charge >= 0.3 is 0 Å². The number of fused-ring (bicyclic) bond motifs is 2. The van der Waals surface area contributed by atoms with Gasteiger partial charge in [0.05, 0.1) is 11.1 Å². The first-order valence-electron chi connectivity index (χ1n) is 17.2. The van der Waals surface area contributed by atoms with Gasteiger partial charge in [0.2, 0.25) is 11.3 Å². The molecule has 4 nitrogen and oxygen atoms in total. The Labute approximate surface area is 279 Å². The lowest BCUT2D eigenvalue weighted by molar-refractivity contribution is -0.669. The SMILES string of the molecule is CCCCCCCCN1C(=CC2=C(O)C(=Cc3sc4ccccc4[n+]3CCCCCCCC)C2=O)C(C)(C)c2cc(Cl)ccc21. The molecule has 0 bridgehead atoms. The molecule has 0 atom stereocenters. The van der Waals surface area contributed by atoms with Crippen LogP contribution in [0.5, 0.6) is 0 Å². The summed E-state index contributed by atoms with van der Waals surface area (Å²) < 4.78 is 3.52. The first-order chi connectivity index (χ1) is 21.8. The largest absolute Gasteiger partial charge is 0.506 e. The molecule has 1 N–H and O–H groups in total. The number of thiazole rings is 1. The van der Waals surface area contributed by atoms with E-state index in [0.717, 1.165) is 47.9 Å². The topological polar surface area (TPSA) is 44.4 Å². The summed E-state index contributed by atoms with van der Waals surface area (Å²) in [5, 5.41) is 13.1. The standard InChI is InChI=1S/C39H49ClN2O2S/c1-5-7-9-11-13-17-23-41-32-22-21-28(40)25-31(32)39(3,4)35(41)26-29-37(43)30(38(29)44)27-36-42(24-18-14-12-10-8-6-2)33-19-15-16-20-34(33)45-36/h15-16,19-22,25-27H,5-14,17-18,23-24H2,1-4H3/p+1. The molecule has 2 aromatic carbocycles. The molecule has 0 spiro atoms. The number of anilines is 1. The van der Waals surface area contributed by atoms with E-state index in [0.29, 0.717) is 16.2 Å². The zero-order chi connectivity index (χ0) is 32.0. The van der Waals surface area contributed by atoms with Crippen molar-refractivity contribution in [2.24, 2.45) is 0 Å². The molecule has 0 fully saturated rings. The summed E-state index contributed by atoms with van der Waals surface area (Å²) in [6, 6.07) is 14.5. The molecule has 0 saturated heterocycles. The molecule has 0 saturated carbocycles. The Kier molecular flexibility index (Phi) is 11.3. The van der Waals surface area contributed by atoms with E-state index >= 15 is 0 Å². The normalized spacial score (nSPS) is 17.6. The maximum atomic E-state index is 13.7. The van der Waals surface area contributed by atoms with Crippen LogP contribution in [0, 0.1) is 0 Å². The van der Waals surface area contributed by atoms with Crippen LogP contribution in [0.3, 0.4) is 0 Å². The number of nitrogens with zero attached hydrogens (tertiary/aromatic N) is 2. The summed E-state index contributed by atoms with van der Waals surface area (Å²) in [6.07, 6.45) is 18.6. The number of ketones is 1. The predicted molar refractivity (Wildman–Crippen MR) is 191 cm³/mol. The molecule has 6 heteroatoms. The first kappa shape index (κ1) is 33.5. The lowest BCUT2D eigenvalue weighted by atomic mass is 9.80. The van der Waals surface area contributed by atoms with E-state index in [1.165, 1.54) is 74.4 Å². The number of aromatic nitrogens is 1. The van der Waals surface area contributed by atoms with Crippen molar-refractivity contribution in [3.8, 4) is 0 Å². The number of aliphatic hydroxyl groups excluding tert-OH is 1. The molecule has 2 heterocycles. The minimum Gasteiger partial charge on any atom is -0.506 e. The third-order valence-electron chi connectivity index (χ3n) is 9.51. The van der Waals surface area contributed by atoms with Crippen molar-refractivity contribution < 1.29 is 14.5 Å². The van der Waals surface area contributed by atoms with Gasteiger partial charge in [-0.1, -0.05) is 121 Å². The first-order valence-corrected chi connectivity index (χ1v) is 18.4. The molecular formula is C39H50ClN2O2S+. The van der Waals surface area contributed by atoms with Crippen molar-refractivity contribution in [2.75, 3.05) is 11.4 Å². The second-order valence-corrected chi connectivity index (χ2v) is 14.7. The monoisotopic (exact) mass is 645 g/mol. The Hall–Kier alpha value is -2.89.